The van der Waals surface area contributed by atoms with Crippen molar-refractivity contribution in [1.29, 1.82) is 0 Å². The minimum atomic E-state index is -0.876. The molecule has 4 amide bonds. The summed E-state index contributed by atoms with van der Waals surface area (Å²) in [5.74, 6) is -0.786. The first-order valence-electron chi connectivity index (χ1n) is 9.91. The van der Waals surface area contributed by atoms with Crippen LogP contribution in [-0.4, -0.2) is 49.7 Å². The number of hydrogen-bond acceptors (Lipinski definition) is 5. The van der Waals surface area contributed by atoms with E-state index in [-0.39, 0.29) is 12.4 Å². The Bertz CT molecular complexity index is 932. The molecule has 0 spiro atoms. The Kier molecular flexibility index (Phi) is 6.68. The van der Waals surface area contributed by atoms with Gasteiger partial charge in [-0.1, -0.05) is 30.3 Å². The topological polar surface area (TPSA) is 80.6 Å². The van der Waals surface area contributed by atoms with E-state index in [0.717, 1.165) is 20.3 Å². The van der Waals surface area contributed by atoms with Crippen molar-refractivity contribution in [3.8, 4) is 11.5 Å². The standard InChI is InChI=1S/C22H25N3O5/c1-4-29-18-12-11-17(13-19(18)30-5-2)25-21(27)20(26)24(22(25)28)15-23(3)14-16-9-7-6-8-10-16/h6-13H,4-5,14-15H2,1-3H3/p+1. The van der Waals surface area contributed by atoms with Gasteiger partial charge in [-0.3, -0.25) is 9.59 Å². The fourth-order valence-corrected chi connectivity index (χ4v) is 3.32. The Morgan fingerprint density at radius 2 is 1.53 bits per heavy atom. The predicted octanol–water partition coefficient (Wildman–Crippen LogP) is 1.45. The second-order valence-electron chi connectivity index (χ2n) is 6.93. The minimum absolute atomic E-state index is 0.0874. The van der Waals surface area contributed by atoms with Gasteiger partial charge in [-0.05, 0) is 26.0 Å². The first kappa shape index (κ1) is 21.3. The van der Waals surface area contributed by atoms with E-state index in [0.29, 0.717) is 31.3 Å². The molecule has 1 fully saturated rings. The van der Waals surface area contributed by atoms with E-state index in [1.807, 2.05) is 51.2 Å². The minimum Gasteiger partial charge on any atom is -0.490 e. The van der Waals surface area contributed by atoms with E-state index >= 15 is 0 Å². The fourth-order valence-electron chi connectivity index (χ4n) is 3.32. The lowest BCUT2D eigenvalue weighted by Gasteiger charge is -2.20. The highest BCUT2D eigenvalue weighted by molar-refractivity contribution is 6.52. The molecular weight excluding hydrogens is 386 g/mol. The SMILES string of the molecule is CCOc1ccc(N2C(=O)C(=O)N(C[NH+](C)Cc3ccccc3)C2=O)cc1OCC. The lowest BCUT2D eigenvalue weighted by Crippen LogP contribution is -3.09. The van der Waals surface area contributed by atoms with Gasteiger partial charge in [0, 0.05) is 11.6 Å². The number of benzene rings is 2. The Labute approximate surface area is 175 Å². The van der Waals surface area contributed by atoms with Crippen LogP contribution < -0.4 is 19.3 Å². The molecular formula is C22H26N3O5+. The number of nitrogens with zero attached hydrogens (tertiary/aromatic N) is 2. The maximum atomic E-state index is 12.9. The van der Waals surface area contributed by atoms with Gasteiger partial charge in [-0.2, -0.15) is 0 Å². The average molecular weight is 412 g/mol. The van der Waals surface area contributed by atoms with Gasteiger partial charge in [-0.25, -0.2) is 14.6 Å². The smallest absolute Gasteiger partial charge is 0.343 e. The van der Waals surface area contributed by atoms with Crippen LogP contribution in [0.3, 0.4) is 0 Å². The Balaban J connectivity index is 1.79. The van der Waals surface area contributed by atoms with Crippen molar-refractivity contribution in [3.63, 3.8) is 0 Å². The molecule has 0 bridgehead atoms. The maximum Gasteiger partial charge on any atom is 0.343 e. The summed E-state index contributed by atoms with van der Waals surface area (Å²) in [7, 11) is 1.87. The number of nitrogens with one attached hydrogen (secondary N) is 1. The van der Waals surface area contributed by atoms with Crippen LogP contribution in [0.25, 0.3) is 0 Å². The Hall–Kier alpha value is -3.39. The number of imide groups is 2. The van der Waals surface area contributed by atoms with Gasteiger partial charge in [0.25, 0.3) is 0 Å². The molecule has 2 aromatic rings. The van der Waals surface area contributed by atoms with Gasteiger partial charge in [-0.15, -0.1) is 0 Å². The largest absolute Gasteiger partial charge is 0.490 e. The van der Waals surface area contributed by atoms with Crippen molar-refractivity contribution < 1.29 is 28.8 Å². The lowest BCUT2D eigenvalue weighted by molar-refractivity contribution is -0.901. The van der Waals surface area contributed by atoms with Crippen LogP contribution in [0.5, 0.6) is 11.5 Å². The number of anilines is 1. The van der Waals surface area contributed by atoms with Crippen molar-refractivity contribution in [3.05, 3.63) is 54.1 Å². The van der Waals surface area contributed by atoms with Gasteiger partial charge < -0.3 is 14.4 Å². The molecule has 158 valence electrons. The number of rotatable bonds is 9. The second-order valence-corrected chi connectivity index (χ2v) is 6.93. The zero-order valence-electron chi connectivity index (χ0n) is 17.4. The van der Waals surface area contributed by atoms with E-state index in [9.17, 15) is 14.4 Å². The molecule has 8 heteroatoms. The molecule has 0 saturated carbocycles. The van der Waals surface area contributed by atoms with Gasteiger partial charge in [0.2, 0.25) is 0 Å². The highest BCUT2D eigenvalue weighted by Gasteiger charge is 2.47. The van der Waals surface area contributed by atoms with Gasteiger partial charge >= 0.3 is 17.8 Å². The van der Waals surface area contributed by atoms with Crippen LogP contribution in [0.4, 0.5) is 10.5 Å². The summed E-state index contributed by atoms with van der Waals surface area (Å²) in [5, 5.41) is 0. The zero-order chi connectivity index (χ0) is 21.7. The second kappa shape index (κ2) is 9.41. The van der Waals surface area contributed by atoms with Crippen LogP contribution >= 0.6 is 0 Å². The first-order chi connectivity index (χ1) is 14.5. The number of amides is 4. The molecule has 1 aliphatic heterocycles. The first-order valence-corrected chi connectivity index (χ1v) is 9.91. The molecule has 1 heterocycles. The third kappa shape index (κ3) is 4.44. The fraction of sp³-hybridized carbons (Fsp3) is 0.318. The Morgan fingerprint density at radius 3 is 2.20 bits per heavy atom. The number of quaternary nitrogens is 1. The van der Waals surface area contributed by atoms with Crippen molar-refractivity contribution >= 4 is 23.5 Å². The van der Waals surface area contributed by atoms with Crippen LogP contribution in [-0.2, 0) is 16.1 Å². The molecule has 1 unspecified atom stereocenters. The highest BCUT2D eigenvalue weighted by atomic mass is 16.5. The summed E-state index contributed by atoms with van der Waals surface area (Å²) >= 11 is 0. The summed E-state index contributed by atoms with van der Waals surface area (Å²) in [4.78, 5) is 40.8. The molecule has 1 N–H and O–H groups in total. The molecule has 0 radical (unpaired) electrons. The lowest BCUT2D eigenvalue weighted by atomic mass is 10.2. The highest BCUT2D eigenvalue weighted by Crippen LogP contribution is 2.33. The van der Waals surface area contributed by atoms with Crippen LogP contribution in [0.15, 0.2) is 48.5 Å². The summed E-state index contributed by atoms with van der Waals surface area (Å²) < 4.78 is 11.1. The molecule has 2 aromatic carbocycles. The normalized spacial score (nSPS) is 15.0. The average Bonchev–Trinajstić information content (AvgIpc) is 2.94. The third-order valence-corrected chi connectivity index (χ3v) is 4.62. The molecule has 30 heavy (non-hydrogen) atoms. The number of hydrogen-bond donors (Lipinski definition) is 1. The monoisotopic (exact) mass is 412 g/mol. The van der Waals surface area contributed by atoms with E-state index in [4.69, 9.17) is 9.47 Å². The van der Waals surface area contributed by atoms with Crippen LogP contribution in [0.2, 0.25) is 0 Å². The van der Waals surface area contributed by atoms with E-state index in [2.05, 4.69) is 0 Å². The van der Waals surface area contributed by atoms with Crippen molar-refractivity contribution in [2.75, 3.05) is 31.8 Å². The van der Waals surface area contributed by atoms with Crippen LogP contribution in [0, 0.1) is 0 Å². The van der Waals surface area contributed by atoms with Crippen molar-refractivity contribution in [2.24, 2.45) is 0 Å². The Morgan fingerprint density at radius 1 is 0.867 bits per heavy atom. The number of urea groups is 1. The molecule has 0 aromatic heterocycles. The molecule has 1 atom stereocenters. The van der Waals surface area contributed by atoms with Gasteiger partial charge in [0.1, 0.15) is 6.54 Å². The maximum absolute atomic E-state index is 12.9. The molecule has 3 rings (SSSR count). The summed E-state index contributed by atoms with van der Waals surface area (Å²) in [5.41, 5.74) is 1.35. The summed E-state index contributed by atoms with van der Waals surface area (Å²) in [6.45, 7) is 5.22. The van der Waals surface area contributed by atoms with E-state index < -0.39 is 17.8 Å². The molecule has 8 nitrogen and oxygen atoms in total. The summed E-state index contributed by atoms with van der Waals surface area (Å²) in [6, 6.07) is 13.8. The van der Waals surface area contributed by atoms with Gasteiger partial charge in [0.05, 0.1) is 25.9 Å². The third-order valence-electron chi connectivity index (χ3n) is 4.62. The number of carbonyl (C=O) groups is 3. The van der Waals surface area contributed by atoms with E-state index in [1.54, 1.807) is 18.2 Å². The van der Waals surface area contributed by atoms with E-state index in [1.165, 1.54) is 0 Å². The van der Waals surface area contributed by atoms with Crippen LogP contribution in [0.1, 0.15) is 19.4 Å². The molecule has 1 aliphatic rings. The zero-order valence-corrected chi connectivity index (χ0v) is 17.4. The van der Waals surface area contributed by atoms with Gasteiger partial charge in [0.15, 0.2) is 18.2 Å². The number of carbonyl (C=O) groups excluding carboxylic acids is 3. The van der Waals surface area contributed by atoms with Crippen molar-refractivity contribution in [1.82, 2.24) is 4.90 Å². The molecule has 0 aliphatic carbocycles. The summed E-state index contributed by atoms with van der Waals surface area (Å²) in [6.07, 6.45) is 0. The number of ether oxygens (including phenoxy) is 2. The molecule has 1 saturated heterocycles. The predicted molar refractivity (Wildman–Crippen MR) is 110 cm³/mol. The van der Waals surface area contributed by atoms with Crippen molar-refractivity contribution in [2.45, 2.75) is 20.4 Å². The quantitative estimate of drug-likeness (QED) is 0.498.